The summed E-state index contributed by atoms with van der Waals surface area (Å²) in [5.41, 5.74) is 4.82. The van der Waals surface area contributed by atoms with Crippen LogP contribution in [0, 0.1) is 6.92 Å². The van der Waals surface area contributed by atoms with Crippen LogP contribution in [0.4, 0.5) is 0 Å². The summed E-state index contributed by atoms with van der Waals surface area (Å²) in [7, 11) is 0. The molecule has 3 rings (SSSR count). The molecule has 0 aliphatic carbocycles. The first-order valence-electron chi connectivity index (χ1n) is 5.18. The molecule has 0 atom stereocenters. The molecule has 0 fully saturated rings. The van der Waals surface area contributed by atoms with Crippen molar-refractivity contribution < 1.29 is 0 Å². The van der Waals surface area contributed by atoms with E-state index in [-0.39, 0.29) is 0 Å². The third kappa shape index (κ3) is 1.45. The van der Waals surface area contributed by atoms with Crippen molar-refractivity contribution in [2.75, 3.05) is 0 Å². The van der Waals surface area contributed by atoms with Crippen LogP contribution >= 0.6 is 0 Å². The molecule has 0 unspecified atom stereocenters. The second kappa shape index (κ2) is 3.21. The third-order valence-corrected chi connectivity index (χ3v) is 2.78. The minimum atomic E-state index is 0.887. The van der Waals surface area contributed by atoms with Crippen molar-refractivity contribution in [2.24, 2.45) is 0 Å². The largest absolute Gasteiger partial charge is 0.341 e. The molecule has 2 heterocycles. The van der Waals surface area contributed by atoms with Gasteiger partial charge in [-0.15, -0.1) is 0 Å². The lowest BCUT2D eigenvalue weighted by molar-refractivity contribution is 0.744. The summed E-state index contributed by atoms with van der Waals surface area (Å²) >= 11 is 0. The zero-order valence-corrected chi connectivity index (χ0v) is 8.67. The van der Waals surface area contributed by atoms with Gasteiger partial charge in [0, 0.05) is 18.7 Å². The van der Waals surface area contributed by atoms with Gasteiger partial charge in [-0.25, -0.2) is 4.98 Å². The fourth-order valence-electron chi connectivity index (χ4n) is 1.89. The van der Waals surface area contributed by atoms with Crippen molar-refractivity contribution >= 4 is 0 Å². The average Bonchev–Trinajstić information content (AvgIpc) is 2.78. The molecule has 1 aliphatic heterocycles. The van der Waals surface area contributed by atoms with Gasteiger partial charge in [0.2, 0.25) is 0 Å². The Morgan fingerprint density at radius 2 is 1.93 bits per heavy atom. The second-order valence-electron chi connectivity index (χ2n) is 3.98. The van der Waals surface area contributed by atoms with Crippen molar-refractivity contribution in [3.8, 4) is 11.4 Å². The van der Waals surface area contributed by atoms with Crippen LogP contribution in [-0.2, 0) is 13.1 Å². The summed E-state index contributed by atoms with van der Waals surface area (Å²) in [6, 6.07) is 8.44. The molecular weight excluding hydrogens is 186 g/mol. The smallest absolute Gasteiger partial charge is 0.137 e. The van der Waals surface area contributed by atoms with E-state index in [1.54, 1.807) is 0 Å². The van der Waals surface area contributed by atoms with Crippen molar-refractivity contribution in [2.45, 2.75) is 20.0 Å². The molecule has 0 bridgehead atoms. The van der Waals surface area contributed by atoms with E-state index in [0.29, 0.717) is 0 Å². The van der Waals surface area contributed by atoms with Gasteiger partial charge < -0.3 is 10.3 Å². The fraction of sp³-hybridized carbons (Fsp3) is 0.250. The monoisotopic (exact) mass is 199 g/mol. The molecule has 0 radical (unpaired) electrons. The number of hydrogen-bond acceptors (Lipinski definition) is 2. The molecule has 3 nitrogen and oxygen atoms in total. The van der Waals surface area contributed by atoms with Crippen LogP contribution in [0.2, 0.25) is 0 Å². The van der Waals surface area contributed by atoms with Crippen molar-refractivity contribution in [1.29, 1.82) is 0 Å². The lowest BCUT2D eigenvalue weighted by Gasteiger charge is -1.98. The zero-order valence-electron chi connectivity index (χ0n) is 8.67. The van der Waals surface area contributed by atoms with Crippen LogP contribution < -0.4 is 5.32 Å². The molecule has 76 valence electrons. The molecular formula is C12H13N3. The summed E-state index contributed by atoms with van der Waals surface area (Å²) in [6.45, 7) is 3.89. The van der Waals surface area contributed by atoms with Crippen molar-refractivity contribution in [1.82, 2.24) is 15.3 Å². The SMILES string of the molecule is Cc1ccc(-c2nc3c([nH]2)CNC3)cc1. The maximum Gasteiger partial charge on any atom is 0.137 e. The predicted octanol–water partition coefficient (Wildman–Crippen LogP) is 1.99. The summed E-state index contributed by atoms with van der Waals surface area (Å²) in [5.74, 6) is 0.988. The Kier molecular flexibility index (Phi) is 1.86. The molecule has 0 saturated heterocycles. The van der Waals surface area contributed by atoms with Gasteiger partial charge in [-0.3, -0.25) is 0 Å². The number of benzene rings is 1. The molecule has 15 heavy (non-hydrogen) atoms. The van der Waals surface area contributed by atoms with Crippen LogP contribution in [0.5, 0.6) is 0 Å². The number of nitrogens with zero attached hydrogens (tertiary/aromatic N) is 1. The van der Waals surface area contributed by atoms with Crippen LogP contribution in [0.15, 0.2) is 24.3 Å². The highest BCUT2D eigenvalue weighted by Gasteiger charge is 2.15. The molecule has 0 amide bonds. The number of nitrogens with one attached hydrogen (secondary N) is 2. The highest BCUT2D eigenvalue weighted by atomic mass is 15.0. The minimum Gasteiger partial charge on any atom is -0.341 e. The number of fused-ring (bicyclic) bond motifs is 1. The van der Waals surface area contributed by atoms with Gasteiger partial charge >= 0.3 is 0 Å². The second-order valence-corrected chi connectivity index (χ2v) is 3.98. The molecule has 1 aliphatic rings. The topological polar surface area (TPSA) is 40.7 Å². The summed E-state index contributed by atoms with van der Waals surface area (Å²) in [6.07, 6.45) is 0. The summed E-state index contributed by atoms with van der Waals surface area (Å²) in [5, 5.41) is 3.26. The first-order chi connectivity index (χ1) is 7.33. The maximum absolute atomic E-state index is 4.57. The molecule has 1 aromatic heterocycles. The standard InChI is InChI=1S/C12H13N3/c1-8-2-4-9(5-3-8)12-14-10-6-13-7-11(10)15-12/h2-5,13H,6-7H2,1H3,(H,14,15). The fourth-order valence-corrected chi connectivity index (χ4v) is 1.89. The van der Waals surface area contributed by atoms with E-state index in [1.165, 1.54) is 11.3 Å². The number of hydrogen-bond donors (Lipinski definition) is 2. The van der Waals surface area contributed by atoms with Gasteiger partial charge in [0.05, 0.1) is 11.4 Å². The number of aromatic nitrogens is 2. The number of aryl methyl sites for hydroxylation is 1. The minimum absolute atomic E-state index is 0.887. The Morgan fingerprint density at radius 3 is 2.67 bits per heavy atom. The van der Waals surface area contributed by atoms with E-state index in [4.69, 9.17) is 0 Å². The number of imidazole rings is 1. The van der Waals surface area contributed by atoms with E-state index in [0.717, 1.165) is 30.2 Å². The van der Waals surface area contributed by atoms with Crippen molar-refractivity contribution in [3.05, 3.63) is 41.2 Å². The lowest BCUT2D eigenvalue weighted by Crippen LogP contribution is -2.02. The zero-order chi connectivity index (χ0) is 10.3. The van der Waals surface area contributed by atoms with Gasteiger partial charge in [0.15, 0.2) is 0 Å². The van der Waals surface area contributed by atoms with Gasteiger partial charge in [0.1, 0.15) is 5.82 Å². The van der Waals surface area contributed by atoms with E-state index in [2.05, 4.69) is 46.5 Å². The Hall–Kier alpha value is -1.61. The Bertz CT molecular complexity index is 461. The Balaban J connectivity index is 2.02. The van der Waals surface area contributed by atoms with Gasteiger partial charge in [-0.2, -0.15) is 0 Å². The number of rotatable bonds is 1. The quantitative estimate of drug-likeness (QED) is 0.737. The molecule has 0 saturated carbocycles. The molecule has 1 aromatic carbocycles. The van der Waals surface area contributed by atoms with Crippen LogP contribution in [-0.4, -0.2) is 9.97 Å². The Labute approximate surface area is 88.6 Å². The van der Waals surface area contributed by atoms with E-state index < -0.39 is 0 Å². The molecule has 0 spiro atoms. The Morgan fingerprint density at radius 1 is 1.13 bits per heavy atom. The molecule has 3 heteroatoms. The first kappa shape index (κ1) is 8.68. The van der Waals surface area contributed by atoms with Gasteiger partial charge in [0.25, 0.3) is 0 Å². The molecule has 2 aromatic rings. The highest BCUT2D eigenvalue weighted by Crippen LogP contribution is 2.20. The van der Waals surface area contributed by atoms with E-state index in [1.807, 2.05) is 0 Å². The van der Waals surface area contributed by atoms with Crippen LogP contribution in [0.3, 0.4) is 0 Å². The summed E-state index contributed by atoms with van der Waals surface area (Å²) < 4.78 is 0. The first-order valence-corrected chi connectivity index (χ1v) is 5.18. The van der Waals surface area contributed by atoms with E-state index >= 15 is 0 Å². The third-order valence-electron chi connectivity index (χ3n) is 2.78. The summed E-state index contributed by atoms with van der Waals surface area (Å²) in [4.78, 5) is 7.93. The van der Waals surface area contributed by atoms with Gasteiger partial charge in [-0.05, 0) is 6.92 Å². The molecule has 2 N–H and O–H groups in total. The van der Waals surface area contributed by atoms with Crippen LogP contribution in [0.25, 0.3) is 11.4 Å². The lowest BCUT2D eigenvalue weighted by atomic mass is 10.1. The normalized spacial score (nSPS) is 14.2. The highest BCUT2D eigenvalue weighted by molar-refractivity contribution is 5.56. The van der Waals surface area contributed by atoms with Gasteiger partial charge in [-0.1, -0.05) is 29.8 Å². The van der Waals surface area contributed by atoms with Crippen molar-refractivity contribution in [3.63, 3.8) is 0 Å². The average molecular weight is 199 g/mol. The number of H-pyrrole nitrogens is 1. The number of aromatic amines is 1. The van der Waals surface area contributed by atoms with Crippen LogP contribution in [0.1, 0.15) is 17.0 Å². The predicted molar refractivity (Wildman–Crippen MR) is 59.3 cm³/mol. The maximum atomic E-state index is 4.57. The van der Waals surface area contributed by atoms with E-state index in [9.17, 15) is 0 Å².